The van der Waals surface area contributed by atoms with Gasteiger partial charge >= 0.3 is 0 Å². The fourth-order valence-corrected chi connectivity index (χ4v) is 3.46. The summed E-state index contributed by atoms with van der Waals surface area (Å²) in [4.78, 5) is 22.8. The molecule has 3 heterocycles. The van der Waals surface area contributed by atoms with Crippen molar-refractivity contribution >= 4 is 5.91 Å². The van der Waals surface area contributed by atoms with E-state index in [4.69, 9.17) is 9.15 Å². The number of hydrogen-bond acceptors (Lipinski definition) is 5. The lowest BCUT2D eigenvalue weighted by atomic mass is 9.98. The largest absolute Gasteiger partial charge is 0.482 e. The van der Waals surface area contributed by atoms with Gasteiger partial charge in [-0.05, 0) is 30.5 Å². The van der Waals surface area contributed by atoms with E-state index in [0.717, 1.165) is 37.5 Å². The number of carbonyl (C=O) groups is 1. The number of piperidine rings is 1. The first-order valence-corrected chi connectivity index (χ1v) is 9.57. The van der Waals surface area contributed by atoms with Crippen LogP contribution in [-0.2, 0) is 11.2 Å². The number of rotatable bonds is 6. The van der Waals surface area contributed by atoms with Crippen LogP contribution in [0.3, 0.4) is 0 Å². The Morgan fingerprint density at radius 3 is 2.89 bits per heavy atom. The molecule has 1 atom stereocenters. The van der Waals surface area contributed by atoms with Gasteiger partial charge in [0.2, 0.25) is 0 Å². The van der Waals surface area contributed by atoms with Gasteiger partial charge in [-0.2, -0.15) is 0 Å². The number of ether oxygens (including phenoxy) is 1. The third kappa shape index (κ3) is 4.57. The maximum atomic E-state index is 12.5. The van der Waals surface area contributed by atoms with Gasteiger partial charge in [-0.25, -0.2) is 4.98 Å². The van der Waals surface area contributed by atoms with Crippen molar-refractivity contribution in [3.05, 3.63) is 78.3 Å². The minimum Gasteiger partial charge on any atom is -0.482 e. The molecule has 28 heavy (non-hydrogen) atoms. The molecule has 1 saturated heterocycles. The third-order valence-electron chi connectivity index (χ3n) is 4.91. The normalized spacial score (nSPS) is 16.7. The Balaban J connectivity index is 1.34. The van der Waals surface area contributed by atoms with Crippen LogP contribution in [0.5, 0.6) is 5.75 Å². The molecule has 6 nitrogen and oxygen atoms in total. The van der Waals surface area contributed by atoms with E-state index in [-0.39, 0.29) is 18.4 Å². The van der Waals surface area contributed by atoms with Crippen LogP contribution in [0.2, 0.25) is 0 Å². The fourth-order valence-electron chi connectivity index (χ4n) is 3.46. The van der Waals surface area contributed by atoms with Gasteiger partial charge in [-0.3, -0.25) is 9.78 Å². The first kappa shape index (κ1) is 18.2. The molecule has 3 aromatic rings. The molecular weight excluding hydrogens is 354 g/mol. The standard InChI is InChI=1S/C22H23N3O3/c26-21(16-27-19-9-4-10-23-13-19)25-11-5-8-18(15-25)22-24-14-20(28-22)12-17-6-2-1-3-7-17/h1-4,6-7,9-10,13-14,18H,5,8,11-12,15-16H2. The summed E-state index contributed by atoms with van der Waals surface area (Å²) >= 11 is 0. The monoisotopic (exact) mass is 377 g/mol. The second-order valence-electron chi connectivity index (χ2n) is 6.98. The van der Waals surface area contributed by atoms with Gasteiger partial charge in [0.1, 0.15) is 11.5 Å². The highest BCUT2D eigenvalue weighted by molar-refractivity contribution is 5.78. The molecule has 0 saturated carbocycles. The molecule has 1 unspecified atom stereocenters. The lowest BCUT2D eigenvalue weighted by molar-refractivity contribution is -0.134. The summed E-state index contributed by atoms with van der Waals surface area (Å²) in [5.74, 6) is 2.27. The molecule has 1 aromatic carbocycles. The molecule has 0 N–H and O–H groups in total. The van der Waals surface area contributed by atoms with Crippen LogP contribution in [0.1, 0.15) is 36.0 Å². The van der Waals surface area contributed by atoms with Crippen LogP contribution >= 0.6 is 0 Å². The van der Waals surface area contributed by atoms with Crippen molar-refractivity contribution in [1.29, 1.82) is 0 Å². The SMILES string of the molecule is O=C(COc1cccnc1)N1CCCC(c2ncc(Cc3ccccc3)o2)C1. The van der Waals surface area contributed by atoms with E-state index < -0.39 is 0 Å². The van der Waals surface area contributed by atoms with E-state index >= 15 is 0 Å². The number of carbonyl (C=O) groups excluding carboxylic acids is 1. The smallest absolute Gasteiger partial charge is 0.260 e. The summed E-state index contributed by atoms with van der Waals surface area (Å²) < 4.78 is 11.5. The second kappa shape index (κ2) is 8.69. The number of hydrogen-bond donors (Lipinski definition) is 0. The van der Waals surface area contributed by atoms with Crippen molar-refractivity contribution in [2.24, 2.45) is 0 Å². The predicted octanol–water partition coefficient (Wildman–Crippen LogP) is 3.45. The Bertz CT molecular complexity index is 896. The molecule has 144 valence electrons. The van der Waals surface area contributed by atoms with E-state index in [1.807, 2.05) is 23.1 Å². The quantitative estimate of drug-likeness (QED) is 0.658. The van der Waals surface area contributed by atoms with Gasteiger partial charge in [0.25, 0.3) is 5.91 Å². The Hall–Kier alpha value is -3.15. The van der Waals surface area contributed by atoms with E-state index in [0.29, 0.717) is 12.3 Å². The van der Waals surface area contributed by atoms with Gasteiger partial charge in [-0.15, -0.1) is 0 Å². The first-order valence-electron chi connectivity index (χ1n) is 9.57. The molecule has 0 spiro atoms. The topological polar surface area (TPSA) is 68.5 Å². The van der Waals surface area contributed by atoms with Crippen molar-refractivity contribution < 1.29 is 13.9 Å². The minimum atomic E-state index is -0.0235. The average molecular weight is 377 g/mol. The molecule has 2 aromatic heterocycles. The molecule has 0 radical (unpaired) electrons. The molecular formula is C22H23N3O3. The lowest BCUT2D eigenvalue weighted by Gasteiger charge is -2.31. The molecule has 1 aliphatic heterocycles. The van der Waals surface area contributed by atoms with E-state index in [1.54, 1.807) is 30.7 Å². The van der Waals surface area contributed by atoms with Gasteiger partial charge in [0, 0.05) is 25.7 Å². The van der Waals surface area contributed by atoms with Crippen LogP contribution in [0.4, 0.5) is 0 Å². The van der Waals surface area contributed by atoms with Crippen molar-refractivity contribution in [2.75, 3.05) is 19.7 Å². The number of aromatic nitrogens is 2. The Morgan fingerprint density at radius 2 is 2.07 bits per heavy atom. The summed E-state index contributed by atoms with van der Waals surface area (Å²) in [5, 5.41) is 0. The number of likely N-dealkylation sites (tertiary alicyclic amines) is 1. The van der Waals surface area contributed by atoms with Gasteiger partial charge in [0.05, 0.1) is 18.3 Å². The molecule has 0 aliphatic carbocycles. The average Bonchev–Trinajstić information content (AvgIpc) is 3.22. The zero-order valence-corrected chi connectivity index (χ0v) is 15.7. The molecule has 1 amide bonds. The van der Waals surface area contributed by atoms with Crippen molar-refractivity contribution in [2.45, 2.75) is 25.2 Å². The zero-order valence-electron chi connectivity index (χ0n) is 15.7. The molecule has 1 fully saturated rings. The molecule has 0 bridgehead atoms. The van der Waals surface area contributed by atoms with Crippen LogP contribution in [0.15, 0.2) is 65.5 Å². The predicted molar refractivity (Wildman–Crippen MR) is 104 cm³/mol. The number of pyridine rings is 1. The Kier molecular flexibility index (Phi) is 5.66. The maximum absolute atomic E-state index is 12.5. The summed E-state index contributed by atoms with van der Waals surface area (Å²) in [5.41, 5.74) is 1.19. The van der Waals surface area contributed by atoms with E-state index in [9.17, 15) is 4.79 Å². The fraction of sp³-hybridized carbons (Fsp3) is 0.318. The summed E-state index contributed by atoms with van der Waals surface area (Å²) in [6.07, 6.45) is 7.70. The highest BCUT2D eigenvalue weighted by Crippen LogP contribution is 2.27. The highest BCUT2D eigenvalue weighted by atomic mass is 16.5. The molecule has 6 heteroatoms. The van der Waals surface area contributed by atoms with Crippen LogP contribution in [0, 0.1) is 0 Å². The Labute approximate surface area is 164 Å². The summed E-state index contributed by atoms with van der Waals surface area (Å²) in [6, 6.07) is 13.8. The van der Waals surface area contributed by atoms with E-state index in [2.05, 4.69) is 22.1 Å². The van der Waals surface area contributed by atoms with Crippen LogP contribution in [0.25, 0.3) is 0 Å². The summed E-state index contributed by atoms with van der Waals surface area (Å²) in [7, 11) is 0. The van der Waals surface area contributed by atoms with Crippen molar-refractivity contribution in [1.82, 2.24) is 14.9 Å². The number of nitrogens with zero attached hydrogens (tertiary/aromatic N) is 3. The third-order valence-corrected chi connectivity index (χ3v) is 4.91. The summed E-state index contributed by atoms with van der Waals surface area (Å²) in [6.45, 7) is 1.37. The van der Waals surface area contributed by atoms with Crippen molar-refractivity contribution in [3.8, 4) is 5.75 Å². The first-order chi connectivity index (χ1) is 13.8. The second-order valence-corrected chi connectivity index (χ2v) is 6.98. The maximum Gasteiger partial charge on any atom is 0.260 e. The van der Waals surface area contributed by atoms with Crippen molar-refractivity contribution in [3.63, 3.8) is 0 Å². The number of benzene rings is 1. The van der Waals surface area contributed by atoms with E-state index in [1.165, 1.54) is 5.56 Å². The minimum absolute atomic E-state index is 0.0171. The van der Waals surface area contributed by atoms with Gasteiger partial charge in [0.15, 0.2) is 12.5 Å². The highest BCUT2D eigenvalue weighted by Gasteiger charge is 2.28. The van der Waals surface area contributed by atoms with Crippen LogP contribution in [-0.4, -0.2) is 40.5 Å². The molecule has 1 aliphatic rings. The zero-order chi connectivity index (χ0) is 19.2. The Morgan fingerprint density at radius 1 is 1.18 bits per heavy atom. The van der Waals surface area contributed by atoms with Gasteiger partial charge < -0.3 is 14.1 Å². The van der Waals surface area contributed by atoms with Crippen LogP contribution < -0.4 is 4.74 Å². The number of oxazole rings is 1. The lowest BCUT2D eigenvalue weighted by Crippen LogP contribution is -2.41. The molecule has 4 rings (SSSR count). The number of amides is 1. The van der Waals surface area contributed by atoms with Gasteiger partial charge in [-0.1, -0.05) is 30.3 Å².